The van der Waals surface area contributed by atoms with Crippen molar-refractivity contribution in [3.8, 4) is 6.07 Å². The summed E-state index contributed by atoms with van der Waals surface area (Å²) >= 11 is 0. The Morgan fingerprint density at radius 1 is 1.30 bits per heavy atom. The van der Waals surface area contributed by atoms with E-state index in [0.717, 1.165) is 18.3 Å². The van der Waals surface area contributed by atoms with E-state index in [4.69, 9.17) is 10.7 Å². The molecule has 0 spiro atoms. The second-order valence-electron chi connectivity index (χ2n) is 8.27. The smallest absolute Gasteiger partial charge is 0.254 e. The van der Waals surface area contributed by atoms with Gasteiger partial charge in [-0.05, 0) is 35.7 Å². The predicted octanol–water partition coefficient (Wildman–Crippen LogP) is 3.65. The highest BCUT2D eigenvalue weighted by molar-refractivity contribution is 6.05. The van der Waals surface area contributed by atoms with Crippen LogP contribution >= 0.6 is 0 Å². The Balaban J connectivity index is 2.16. The fourth-order valence-electron chi connectivity index (χ4n) is 4.17. The summed E-state index contributed by atoms with van der Waals surface area (Å²) in [6.07, 6.45) is 2.73. The molecule has 3 N–H and O–H groups in total. The van der Waals surface area contributed by atoms with Crippen molar-refractivity contribution in [2.45, 2.75) is 25.8 Å². The van der Waals surface area contributed by atoms with Gasteiger partial charge in [-0.1, -0.05) is 32.0 Å². The van der Waals surface area contributed by atoms with Gasteiger partial charge in [0.1, 0.15) is 5.82 Å². The SMILES string of the molecule is CN/C=C(\C=N)[C@H]1[C@H](C(=O)Nc2cc(F)cc(C#N)c2)c2ccccc2C(=O)N1CC(C)C. The van der Waals surface area contributed by atoms with E-state index in [1.54, 1.807) is 42.4 Å². The van der Waals surface area contributed by atoms with Gasteiger partial charge in [0.05, 0.1) is 23.6 Å². The summed E-state index contributed by atoms with van der Waals surface area (Å²) in [4.78, 5) is 28.7. The topological polar surface area (TPSA) is 109 Å². The van der Waals surface area contributed by atoms with Gasteiger partial charge >= 0.3 is 0 Å². The van der Waals surface area contributed by atoms with Crippen LogP contribution in [0.2, 0.25) is 0 Å². The third kappa shape index (κ3) is 4.93. The molecular weight excluding hydrogens is 421 g/mol. The average Bonchev–Trinajstić information content (AvgIpc) is 2.78. The van der Waals surface area contributed by atoms with Crippen LogP contribution in [0.3, 0.4) is 0 Å². The van der Waals surface area contributed by atoms with Crippen molar-refractivity contribution in [2.24, 2.45) is 5.92 Å². The maximum Gasteiger partial charge on any atom is 0.254 e. The molecule has 0 saturated heterocycles. The van der Waals surface area contributed by atoms with E-state index in [9.17, 15) is 14.0 Å². The van der Waals surface area contributed by atoms with Gasteiger partial charge in [0.25, 0.3) is 5.91 Å². The fraction of sp³-hybridized carbons (Fsp3) is 0.280. The zero-order chi connectivity index (χ0) is 24.1. The molecule has 0 fully saturated rings. The van der Waals surface area contributed by atoms with Crippen LogP contribution in [0.25, 0.3) is 0 Å². The lowest BCUT2D eigenvalue weighted by molar-refractivity contribution is -0.118. The Hall–Kier alpha value is -3.99. The number of carbonyl (C=O) groups is 2. The first-order valence-corrected chi connectivity index (χ1v) is 10.6. The van der Waals surface area contributed by atoms with Crippen LogP contribution in [0.15, 0.2) is 54.2 Å². The van der Waals surface area contributed by atoms with Gasteiger partial charge in [0.2, 0.25) is 5.91 Å². The van der Waals surface area contributed by atoms with Crippen molar-refractivity contribution in [1.29, 1.82) is 10.7 Å². The van der Waals surface area contributed by atoms with Crippen LogP contribution in [0.1, 0.15) is 41.3 Å². The predicted molar refractivity (Wildman–Crippen MR) is 125 cm³/mol. The van der Waals surface area contributed by atoms with Gasteiger partial charge in [-0.3, -0.25) is 9.59 Å². The molecule has 1 aliphatic heterocycles. The molecule has 1 heterocycles. The van der Waals surface area contributed by atoms with Crippen LogP contribution in [0.4, 0.5) is 10.1 Å². The summed E-state index contributed by atoms with van der Waals surface area (Å²) in [7, 11) is 1.68. The van der Waals surface area contributed by atoms with E-state index in [2.05, 4.69) is 10.6 Å². The van der Waals surface area contributed by atoms with Crippen molar-refractivity contribution in [1.82, 2.24) is 10.2 Å². The summed E-state index contributed by atoms with van der Waals surface area (Å²) < 4.78 is 14.0. The van der Waals surface area contributed by atoms with Crippen molar-refractivity contribution in [3.05, 3.63) is 76.7 Å². The maximum atomic E-state index is 14.0. The number of nitrogens with zero attached hydrogens (tertiary/aromatic N) is 2. The van der Waals surface area contributed by atoms with Crippen molar-refractivity contribution in [3.63, 3.8) is 0 Å². The van der Waals surface area contributed by atoms with Crippen molar-refractivity contribution >= 4 is 23.7 Å². The van der Waals surface area contributed by atoms with Gasteiger partial charge < -0.3 is 20.9 Å². The molecule has 0 aromatic heterocycles. The van der Waals surface area contributed by atoms with Crippen molar-refractivity contribution < 1.29 is 14.0 Å². The standard InChI is InChI=1S/C25H26FN5O2/c1-15(2)14-31-23(17(12-28)13-29-3)22(20-6-4-5-7-21(20)25(31)33)24(32)30-19-9-16(11-27)8-18(26)10-19/h4-10,12-13,15,22-23,28-29H,14H2,1-3H3,(H,30,32)/b17-13+,28-12?/t22-,23+/m1/s1. The molecule has 1 aliphatic rings. The number of benzene rings is 2. The molecule has 3 rings (SSSR count). The van der Waals surface area contributed by atoms with Gasteiger partial charge in [-0.25, -0.2) is 4.39 Å². The molecule has 0 aliphatic carbocycles. The summed E-state index contributed by atoms with van der Waals surface area (Å²) in [5, 5.41) is 22.7. The lowest BCUT2D eigenvalue weighted by Crippen LogP contribution is -2.53. The molecule has 0 unspecified atom stereocenters. The molecule has 8 heteroatoms. The Morgan fingerprint density at radius 3 is 2.67 bits per heavy atom. The molecule has 2 atom stereocenters. The second-order valence-corrected chi connectivity index (χ2v) is 8.27. The van der Waals surface area contributed by atoms with E-state index in [-0.39, 0.29) is 23.1 Å². The first kappa shape index (κ1) is 23.7. The molecular formula is C25H26FN5O2. The Bertz CT molecular complexity index is 1150. The van der Waals surface area contributed by atoms with Crippen LogP contribution in [0.5, 0.6) is 0 Å². The highest BCUT2D eigenvalue weighted by atomic mass is 19.1. The summed E-state index contributed by atoms with van der Waals surface area (Å²) in [6, 6.07) is 11.6. The summed E-state index contributed by atoms with van der Waals surface area (Å²) in [5.41, 5.74) is 1.64. The number of rotatable bonds is 7. The Kier molecular flexibility index (Phi) is 7.23. The first-order chi connectivity index (χ1) is 15.8. The first-order valence-electron chi connectivity index (χ1n) is 10.6. The third-order valence-corrected chi connectivity index (χ3v) is 5.40. The maximum absolute atomic E-state index is 14.0. The largest absolute Gasteiger partial charge is 0.394 e. The number of anilines is 1. The van der Waals surface area contributed by atoms with Crippen LogP contribution in [-0.2, 0) is 4.79 Å². The minimum atomic E-state index is -0.854. The highest BCUT2D eigenvalue weighted by Crippen LogP contribution is 2.37. The van der Waals surface area contributed by atoms with E-state index in [1.165, 1.54) is 6.07 Å². The molecule has 2 amide bonds. The third-order valence-electron chi connectivity index (χ3n) is 5.40. The molecule has 2 aromatic carbocycles. The fourth-order valence-corrected chi connectivity index (χ4v) is 4.17. The van der Waals surface area contributed by atoms with E-state index < -0.39 is 23.7 Å². The molecule has 0 saturated carbocycles. The van der Waals surface area contributed by atoms with Crippen LogP contribution in [0, 0.1) is 28.5 Å². The Labute approximate surface area is 192 Å². The lowest BCUT2D eigenvalue weighted by Gasteiger charge is -2.42. The molecule has 0 bridgehead atoms. The minimum Gasteiger partial charge on any atom is -0.394 e. The Morgan fingerprint density at radius 2 is 2.03 bits per heavy atom. The lowest BCUT2D eigenvalue weighted by atomic mass is 9.78. The molecule has 170 valence electrons. The highest BCUT2D eigenvalue weighted by Gasteiger charge is 2.44. The zero-order valence-corrected chi connectivity index (χ0v) is 18.7. The molecule has 7 nitrogen and oxygen atoms in total. The molecule has 33 heavy (non-hydrogen) atoms. The van der Waals surface area contributed by atoms with Gasteiger partial charge in [0, 0.05) is 42.8 Å². The van der Waals surface area contributed by atoms with Gasteiger partial charge in [-0.2, -0.15) is 5.26 Å². The minimum absolute atomic E-state index is 0.0813. The van der Waals surface area contributed by atoms with Gasteiger partial charge in [-0.15, -0.1) is 0 Å². The van der Waals surface area contributed by atoms with Crippen LogP contribution in [-0.4, -0.2) is 42.6 Å². The van der Waals surface area contributed by atoms with Crippen LogP contribution < -0.4 is 10.6 Å². The van der Waals surface area contributed by atoms with Gasteiger partial charge in [0.15, 0.2) is 0 Å². The number of carbonyl (C=O) groups excluding carboxylic acids is 2. The number of nitriles is 1. The number of hydrogen-bond donors (Lipinski definition) is 3. The zero-order valence-electron chi connectivity index (χ0n) is 18.7. The second kappa shape index (κ2) is 10.1. The summed E-state index contributed by atoms with van der Waals surface area (Å²) in [6.45, 7) is 4.33. The average molecular weight is 448 g/mol. The molecule has 2 aromatic rings. The number of nitrogens with one attached hydrogen (secondary N) is 3. The normalized spacial score (nSPS) is 17.9. The van der Waals surface area contributed by atoms with E-state index in [1.807, 2.05) is 19.9 Å². The number of halogens is 1. The number of fused-ring (bicyclic) bond motifs is 1. The number of hydrogen-bond acceptors (Lipinski definition) is 5. The van der Waals surface area contributed by atoms with E-state index in [0.29, 0.717) is 23.2 Å². The monoisotopic (exact) mass is 447 g/mol. The number of amides is 2. The summed E-state index contributed by atoms with van der Waals surface area (Å²) in [5.74, 6) is -2.06. The van der Waals surface area contributed by atoms with Crippen molar-refractivity contribution in [2.75, 3.05) is 18.9 Å². The van der Waals surface area contributed by atoms with E-state index >= 15 is 0 Å². The quantitative estimate of drug-likeness (QED) is 0.563. The molecule has 0 radical (unpaired) electrons.